The van der Waals surface area contributed by atoms with Crippen LogP contribution in [-0.2, 0) is 6.54 Å². The maximum Gasteiger partial charge on any atom is 0.191 e. The number of halogens is 1. The van der Waals surface area contributed by atoms with Crippen molar-refractivity contribution in [3.8, 4) is 11.3 Å². The number of aromatic nitrogens is 1. The molecule has 1 aromatic heterocycles. The Labute approximate surface area is 120 Å². The summed E-state index contributed by atoms with van der Waals surface area (Å²) in [7, 11) is 0. The molecule has 1 fully saturated rings. The number of hydrogen-bond acceptors (Lipinski definition) is 3. The highest BCUT2D eigenvalue weighted by molar-refractivity contribution is 7.09. The molecule has 0 amide bonds. The summed E-state index contributed by atoms with van der Waals surface area (Å²) in [5.41, 5.74) is 7.04. The molecule has 2 heterocycles. The van der Waals surface area contributed by atoms with Crippen LogP contribution in [0.4, 0.5) is 4.39 Å². The van der Waals surface area contributed by atoms with Gasteiger partial charge >= 0.3 is 0 Å². The summed E-state index contributed by atoms with van der Waals surface area (Å²) in [4.78, 5) is 10.8. The average molecular weight is 290 g/mol. The van der Waals surface area contributed by atoms with E-state index in [-0.39, 0.29) is 5.82 Å². The number of nitrogens with zero attached hydrogens (tertiary/aromatic N) is 3. The Morgan fingerprint density at radius 2 is 2.20 bits per heavy atom. The van der Waals surface area contributed by atoms with Gasteiger partial charge in [-0.15, -0.1) is 11.3 Å². The number of likely N-dealkylation sites (tertiary alicyclic amines) is 1. The van der Waals surface area contributed by atoms with E-state index in [2.05, 4.69) is 9.98 Å². The van der Waals surface area contributed by atoms with Gasteiger partial charge < -0.3 is 10.6 Å². The minimum absolute atomic E-state index is 0.257. The third-order valence-electron chi connectivity index (χ3n) is 3.26. The lowest BCUT2D eigenvalue weighted by atomic mass is 10.2. The second-order valence-electron chi connectivity index (χ2n) is 4.62. The van der Waals surface area contributed by atoms with E-state index in [0.717, 1.165) is 18.1 Å². The zero-order valence-corrected chi connectivity index (χ0v) is 11.7. The molecule has 1 aliphatic heterocycles. The molecule has 20 heavy (non-hydrogen) atoms. The largest absolute Gasteiger partial charge is 0.370 e. The summed E-state index contributed by atoms with van der Waals surface area (Å²) < 4.78 is 13.7. The summed E-state index contributed by atoms with van der Waals surface area (Å²) in [5, 5.41) is 2.69. The average Bonchev–Trinajstić information content (AvgIpc) is 2.83. The van der Waals surface area contributed by atoms with Crippen LogP contribution in [0.5, 0.6) is 0 Å². The summed E-state index contributed by atoms with van der Waals surface area (Å²) >= 11 is 1.47. The lowest BCUT2D eigenvalue weighted by Gasteiger charge is -2.31. The third-order valence-corrected chi connectivity index (χ3v) is 4.09. The molecule has 0 aliphatic carbocycles. The predicted octanol–water partition coefficient (Wildman–Crippen LogP) is 2.47. The Hall–Kier alpha value is -1.95. The maximum absolute atomic E-state index is 13.7. The van der Waals surface area contributed by atoms with Crippen LogP contribution in [0.2, 0.25) is 0 Å². The van der Waals surface area contributed by atoms with Crippen molar-refractivity contribution in [1.29, 1.82) is 0 Å². The summed E-state index contributed by atoms with van der Waals surface area (Å²) in [6.07, 6.45) is 1.17. The van der Waals surface area contributed by atoms with E-state index in [1.807, 2.05) is 10.3 Å². The third kappa shape index (κ3) is 2.65. The Bertz CT molecular complexity index is 634. The number of nitrogens with two attached hydrogens (primary N) is 1. The number of thiazole rings is 1. The second-order valence-corrected chi connectivity index (χ2v) is 5.56. The van der Waals surface area contributed by atoms with Crippen molar-refractivity contribution in [2.24, 2.45) is 10.7 Å². The molecule has 0 radical (unpaired) electrons. The van der Waals surface area contributed by atoms with Crippen molar-refractivity contribution in [2.75, 3.05) is 13.1 Å². The van der Waals surface area contributed by atoms with Crippen LogP contribution < -0.4 is 5.73 Å². The van der Waals surface area contributed by atoms with Crippen LogP contribution in [0.3, 0.4) is 0 Å². The highest BCUT2D eigenvalue weighted by Crippen LogP contribution is 2.24. The summed E-state index contributed by atoms with van der Waals surface area (Å²) in [6.45, 7) is 2.41. The van der Waals surface area contributed by atoms with E-state index in [1.165, 1.54) is 23.8 Å². The summed E-state index contributed by atoms with van der Waals surface area (Å²) in [6, 6.07) is 6.64. The number of guanidine groups is 1. The molecule has 1 aliphatic rings. The predicted molar refractivity (Wildman–Crippen MR) is 79.0 cm³/mol. The SMILES string of the molecule is NC(=NCc1nc(-c2ccccc2F)cs1)N1CCC1. The Balaban J connectivity index is 1.72. The molecule has 0 unspecified atom stereocenters. The molecule has 1 saturated heterocycles. The van der Waals surface area contributed by atoms with Crippen molar-refractivity contribution in [1.82, 2.24) is 9.88 Å². The molecule has 6 heteroatoms. The molecular formula is C14H15FN4S. The van der Waals surface area contributed by atoms with Crippen molar-refractivity contribution in [2.45, 2.75) is 13.0 Å². The van der Waals surface area contributed by atoms with Crippen LogP contribution >= 0.6 is 11.3 Å². The molecule has 4 nitrogen and oxygen atoms in total. The van der Waals surface area contributed by atoms with Crippen LogP contribution in [0.25, 0.3) is 11.3 Å². The van der Waals surface area contributed by atoms with Crippen molar-refractivity contribution < 1.29 is 4.39 Å². The van der Waals surface area contributed by atoms with Crippen LogP contribution in [-0.4, -0.2) is 28.9 Å². The van der Waals surface area contributed by atoms with Crippen LogP contribution in [0.1, 0.15) is 11.4 Å². The fourth-order valence-corrected chi connectivity index (χ4v) is 2.69. The Morgan fingerprint density at radius 1 is 1.40 bits per heavy atom. The lowest BCUT2D eigenvalue weighted by molar-refractivity contribution is 0.295. The van der Waals surface area contributed by atoms with Crippen molar-refractivity contribution in [3.63, 3.8) is 0 Å². The van der Waals surface area contributed by atoms with E-state index >= 15 is 0 Å². The molecule has 0 spiro atoms. The molecule has 0 atom stereocenters. The lowest BCUT2D eigenvalue weighted by Crippen LogP contribution is -2.46. The smallest absolute Gasteiger partial charge is 0.191 e. The molecule has 2 N–H and O–H groups in total. The standard InChI is InChI=1S/C14H15FN4S/c15-11-5-2-1-4-10(11)12-9-20-13(18-12)8-17-14(16)19-6-3-7-19/h1-2,4-5,9H,3,6-8H2,(H2,16,17). The topological polar surface area (TPSA) is 54.5 Å². The second kappa shape index (κ2) is 5.58. The van der Waals surface area contributed by atoms with E-state index in [9.17, 15) is 4.39 Å². The zero-order valence-electron chi connectivity index (χ0n) is 10.9. The summed E-state index contributed by atoms with van der Waals surface area (Å²) in [5.74, 6) is 0.312. The van der Waals surface area contributed by atoms with Gasteiger partial charge in [-0.05, 0) is 18.6 Å². The minimum atomic E-state index is -0.257. The van der Waals surface area contributed by atoms with Crippen LogP contribution in [0, 0.1) is 5.82 Å². The molecule has 1 aromatic carbocycles. The Morgan fingerprint density at radius 3 is 2.90 bits per heavy atom. The molecule has 104 valence electrons. The monoisotopic (exact) mass is 290 g/mol. The first-order valence-electron chi connectivity index (χ1n) is 6.48. The molecule has 0 saturated carbocycles. The van der Waals surface area contributed by atoms with E-state index in [4.69, 9.17) is 5.73 Å². The number of hydrogen-bond donors (Lipinski definition) is 1. The van der Waals surface area contributed by atoms with Gasteiger partial charge in [-0.3, -0.25) is 0 Å². The van der Waals surface area contributed by atoms with Gasteiger partial charge in [-0.25, -0.2) is 14.4 Å². The molecular weight excluding hydrogens is 275 g/mol. The van der Waals surface area contributed by atoms with E-state index < -0.39 is 0 Å². The number of aliphatic imine (C=N–C) groups is 1. The molecule has 0 bridgehead atoms. The van der Waals surface area contributed by atoms with Gasteiger partial charge in [0, 0.05) is 24.0 Å². The first kappa shape index (κ1) is 13.1. The van der Waals surface area contributed by atoms with E-state index in [0.29, 0.717) is 23.8 Å². The minimum Gasteiger partial charge on any atom is -0.370 e. The fourth-order valence-electron chi connectivity index (χ4n) is 1.97. The number of rotatable bonds is 3. The van der Waals surface area contributed by atoms with Gasteiger partial charge in [0.05, 0.1) is 12.2 Å². The molecule has 3 rings (SSSR count). The zero-order chi connectivity index (χ0) is 13.9. The first-order chi connectivity index (χ1) is 9.74. The van der Waals surface area contributed by atoms with Gasteiger partial charge in [0.1, 0.15) is 10.8 Å². The van der Waals surface area contributed by atoms with Gasteiger partial charge in [-0.2, -0.15) is 0 Å². The highest BCUT2D eigenvalue weighted by atomic mass is 32.1. The quantitative estimate of drug-likeness (QED) is 0.698. The van der Waals surface area contributed by atoms with Gasteiger partial charge in [0.25, 0.3) is 0 Å². The van der Waals surface area contributed by atoms with Gasteiger partial charge in [0.15, 0.2) is 5.96 Å². The van der Waals surface area contributed by atoms with Gasteiger partial charge in [0.2, 0.25) is 0 Å². The van der Waals surface area contributed by atoms with Crippen molar-refractivity contribution >= 4 is 17.3 Å². The van der Waals surface area contributed by atoms with E-state index in [1.54, 1.807) is 18.2 Å². The van der Waals surface area contributed by atoms with Gasteiger partial charge in [-0.1, -0.05) is 12.1 Å². The maximum atomic E-state index is 13.7. The first-order valence-corrected chi connectivity index (χ1v) is 7.36. The van der Waals surface area contributed by atoms with Crippen molar-refractivity contribution in [3.05, 3.63) is 40.5 Å². The fraction of sp³-hybridized carbons (Fsp3) is 0.286. The highest BCUT2D eigenvalue weighted by Gasteiger charge is 2.15. The molecule has 2 aromatic rings. The normalized spacial score (nSPS) is 15.2. The van der Waals surface area contributed by atoms with Crippen LogP contribution in [0.15, 0.2) is 34.6 Å². The Kier molecular flexibility index (Phi) is 3.64. The number of benzene rings is 1.